The van der Waals surface area contributed by atoms with Crippen LogP contribution in [0.3, 0.4) is 0 Å². The number of anilines is 1. The number of H-pyrrole nitrogens is 1. The molecule has 7 heteroatoms. The fraction of sp³-hybridized carbons (Fsp3) is 0.100. The second-order valence-corrected chi connectivity index (χ2v) is 3.08. The van der Waals surface area contributed by atoms with Gasteiger partial charge in [0.25, 0.3) is 5.91 Å². The van der Waals surface area contributed by atoms with Gasteiger partial charge in [0, 0.05) is 5.56 Å². The first-order valence-corrected chi connectivity index (χ1v) is 4.87. The number of carbonyl (C=O) groups is 1. The Balaban J connectivity index is 2.04. The van der Waals surface area contributed by atoms with Crippen LogP contribution < -0.4 is 10.1 Å². The molecule has 1 aromatic carbocycles. The number of carbonyl (C=O) groups excluding carboxylic acids is 1. The van der Waals surface area contributed by atoms with Crippen molar-refractivity contribution < 1.29 is 9.53 Å². The number of aromatic amines is 1. The molecule has 0 fully saturated rings. The molecular weight excluding hydrogens is 222 g/mol. The van der Waals surface area contributed by atoms with Gasteiger partial charge in [0.1, 0.15) is 5.75 Å². The zero-order valence-corrected chi connectivity index (χ0v) is 8.88. The van der Waals surface area contributed by atoms with E-state index in [0.717, 1.165) is 0 Å². The van der Waals surface area contributed by atoms with Gasteiger partial charge in [0.2, 0.25) is 5.95 Å². The standard InChI is InChI=1S/C10H10N5O2/c1-2-17-8-5-3-7(4-6-8)9(16)11-10-12-14-15-13-10/h3-6H,1-2H2,(H2,11,12,13,14,15,16). The molecule has 2 rings (SSSR count). The summed E-state index contributed by atoms with van der Waals surface area (Å²) in [5, 5.41) is 15.2. The molecule has 0 saturated carbocycles. The van der Waals surface area contributed by atoms with E-state index in [2.05, 4.69) is 32.9 Å². The second-order valence-electron chi connectivity index (χ2n) is 3.08. The third-order valence-electron chi connectivity index (χ3n) is 1.96. The molecule has 1 heterocycles. The van der Waals surface area contributed by atoms with Crippen molar-refractivity contribution in [3.63, 3.8) is 0 Å². The molecule has 2 N–H and O–H groups in total. The van der Waals surface area contributed by atoms with Crippen molar-refractivity contribution >= 4 is 11.9 Å². The first-order valence-electron chi connectivity index (χ1n) is 4.87. The Kier molecular flexibility index (Phi) is 3.29. The SMILES string of the molecule is [CH2]COc1ccc(C(=O)Nc2nnn[nH]2)cc1. The van der Waals surface area contributed by atoms with Crippen LogP contribution in [0.2, 0.25) is 0 Å². The third kappa shape index (κ3) is 2.77. The van der Waals surface area contributed by atoms with Gasteiger partial charge in [0.15, 0.2) is 0 Å². The highest BCUT2D eigenvalue weighted by atomic mass is 16.5. The smallest absolute Gasteiger partial charge is 0.258 e. The molecule has 0 unspecified atom stereocenters. The van der Waals surface area contributed by atoms with E-state index in [9.17, 15) is 4.79 Å². The fourth-order valence-electron chi connectivity index (χ4n) is 1.21. The van der Waals surface area contributed by atoms with Crippen LogP contribution >= 0.6 is 0 Å². The number of hydrogen-bond donors (Lipinski definition) is 2. The van der Waals surface area contributed by atoms with Crippen molar-refractivity contribution in [1.29, 1.82) is 0 Å². The van der Waals surface area contributed by atoms with Gasteiger partial charge in [-0.2, -0.15) is 0 Å². The van der Waals surface area contributed by atoms with Crippen LogP contribution in [-0.2, 0) is 0 Å². The van der Waals surface area contributed by atoms with E-state index in [-0.39, 0.29) is 11.9 Å². The van der Waals surface area contributed by atoms with Crippen LogP contribution in [0.4, 0.5) is 5.95 Å². The van der Waals surface area contributed by atoms with Gasteiger partial charge in [-0.3, -0.25) is 10.1 Å². The first kappa shape index (κ1) is 11.1. The topological polar surface area (TPSA) is 92.8 Å². The maximum Gasteiger partial charge on any atom is 0.258 e. The number of rotatable bonds is 4. The molecule has 0 spiro atoms. The molecule has 1 amide bonds. The van der Waals surface area contributed by atoms with Crippen LogP contribution in [0, 0.1) is 6.92 Å². The van der Waals surface area contributed by atoms with E-state index in [4.69, 9.17) is 4.74 Å². The van der Waals surface area contributed by atoms with E-state index < -0.39 is 0 Å². The number of benzene rings is 1. The predicted octanol–water partition coefficient (Wildman–Crippen LogP) is 0.665. The summed E-state index contributed by atoms with van der Waals surface area (Å²) < 4.78 is 5.17. The lowest BCUT2D eigenvalue weighted by Gasteiger charge is -2.04. The van der Waals surface area contributed by atoms with E-state index in [0.29, 0.717) is 17.9 Å². The van der Waals surface area contributed by atoms with Crippen LogP contribution in [0.25, 0.3) is 0 Å². The Morgan fingerprint density at radius 2 is 2.18 bits per heavy atom. The summed E-state index contributed by atoms with van der Waals surface area (Å²) in [5.74, 6) is 0.565. The van der Waals surface area contributed by atoms with Crippen LogP contribution in [0.5, 0.6) is 5.75 Å². The summed E-state index contributed by atoms with van der Waals surface area (Å²) >= 11 is 0. The van der Waals surface area contributed by atoms with Gasteiger partial charge < -0.3 is 4.74 Å². The minimum atomic E-state index is -0.301. The monoisotopic (exact) mass is 232 g/mol. The normalized spacial score (nSPS) is 9.94. The van der Waals surface area contributed by atoms with E-state index in [1.165, 1.54) is 0 Å². The van der Waals surface area contributed by atoms with Crippen molar-refractivity contribution in [2.45, 2.75) is 0 Å². The molecule has 0 bridgehead atoms. The number of hydrogen-bond acceptors (Lipinski definition) is 5. The van der Waals surface area contributed by atoms with Crippen molar-refractivity contribution in [2.24, 2.45) is 0 Å². The summed E-state index contributed by atoms with van der Waals surface area (Å²) in [6, 6.07) is 6.67. The number of amides is 1. The lowest BCUT2D eigenvalue weighted by Crippen LogP contribution is -2.12. The molecule has 2 aromatic rings. The fourth-order valence-corrected chi connectivity index (χ4v) is 1.21. The van der Waals surface area contributed by atoms with Crippen molar-refractivity contribution in [3.8, 4) is 5.75 Å². The Hall–Kier alpha value is -2.44. The summed E-state index contributed by atoms with van der Waals surface area (Å²) in [6.07, 6.45) is 0. The van der Waals surface area contributed by atoms with Crippen LogP contribution in [0.15, 0.2) is 24.3 Å². The minimum Gasteiger partial charge on any atom is -0.494 e. The van der Waals surface area contributed by atoms with Crippen molar-refractivity contribution in [2.75, 3.05) is 11.9 Å². The number of nitrogens with zero attached hydrogens (tertiary/aromatic N) is 3. The molecular formula is C10H10N5O2. The average molecular weight is 232 g/mol. The molecule has 0 saturated heterocycles. The average Bonchev–Trinajstić information content (AvgIpc) is 2.83. The highest BCUT2D eigenvalue weighted by Gasteiger charge is 2.07. The second kappa shape index (κ2) is 5.06. The van der Waals surface area contributed by atoms with Crippen molar-refractivity contribution in [1.82, 2.24) is 20.6 Å². The number of tetrazole rings is 1. The van der Waals surface area contributed by atoms with Gasteiger partial charge in [-0.1, -0.05) is 5.10 Å². The zero-order valence-electron chi connectivity index (χ0n) is 8.88. The van der Waals surface area contributed by atoms with Crippen molar-refractivity contribution in [3.05, 3.63) is 36.8 Å². The Morgan fingerprint density at radius 3 is 2.76 bits per heavy atom. The molecule has 1 aromatic heterocycles. The largest absolute Gasteiger partial charge is 0.494 e. The highest BCUT2D eigenvalue weighted by Crippen LogP contribution is 2.12. The Bertz CT molecular complexity index is 480. The first-order chi connectivity index (χ1) is 8.29. The molecule has 0 aliphatic heterocycles. The zero-order chi connectivity index (χ0) is 12.1. The molecule has 0 atom stereocenters. The van der Waals surface area contributed by atoms with E-state index in [1.54, 1.807) is 24.3 Å². The Labute approximate surface area is 97.2 Å². The van der Waals surface area contributed by atoms with Gasteiger partial charge in [-0.25, -0.2) is 5.10 Å². The summed E-state index contributed by atoms with van der Waals surface area (Å²) in [7, 11) is 0. The molecule has 0 aliphatic rings. The van der Waals surface area contributed by atoms with E-state index >= 15 is 0 Å². The Morgan fingerprint density at radius 1 is 1.41 bits per heavy atom. The summed E-state index contributed by atoms with van der Waals surface area (Å²) in [4.78, 5) is 11.7. The molecule has 17 heavy (non-hydrogen) atoms. The lowest BCUT2D eigenvalue weighted by molar-refractivity contribution is 0.102. The number of nitrogens with one attached hydrogen (secondary N) is 2. The van der Waals surface area contributed by atoms with Crippen LogP contribution in [0.1, 0.15) is 10.4 Å². The minimum absolute atomic E-state index is 0.202. The molecule has 1 radical (unpaired) electrons. The quantitative estimate of drug-likeness (QED) is 0.807. The molecule has 7 nitrogen and oxygen atoms in total. The number of ether oxygens (including phenoxy) is 1. The third-order valence-corrected chi connectivity index (χ3v) is 1.96. The summed E-state index contributed by atoms with van der Waals surface area (Å²) in [5.41, 5.74) is 0.484. The molecule has 0 aliphatic carbocycles. The number of aromatic nitrogens is 4. The molecule has 87 valence electrons. The van der Waals surface area contributed by atoms with Gasteiger partial charge in [-0.15, -0.1) is 0 Å². The van der Waals surface area contributed by atoms with E-state index in [1.807, 2.05) is 0 Å². The van der Waals surface area contributed by atoms with Crippen LogP contribution in [-0.4, -0.2) is 33.1 Å². The maximum absolute atomic E-state index is 11.7. The van der Waals surface area contributed by atoms with Gasteiger partial charge >= 0.3 is 0 Å². The van der Waals surface area contributed by atoms with Gasteiger partial charge in [-0.05, 0) is 41.6 Å². The maximum atomic E-state index is 11.7. The predicted molar refractivity (Wildman–Crippen MR) is 59.4 cm³/mol. The summed E-state index contributed by atoms with van der Waals surface area (Å²) in [6.45, 7) is 3.90. The highest BCUT2D eigenvalue weighted by molar-refractivity contribution is 6.03. The lowest BCUT2D eigenvalue weighted by atomic mass is 10.2. The van der Waals surface area contributed by atoms with Gasteiger partial charge in [0.05, 0.1) is 6.61 Å².